The van der Waals surface area contributed by atoms with Gasteiger partial charge in [-0.25, -0.2) is 19.3 Å². The molecular formula is C14H18N5O7P. The summed E-state index contributed by atoms with van der Waals surface area (Å²) >= 11 is 0. The number of aliphatic hydroxyl groups is 2. The number of benzene rings is 1. The van der Waals surface area contributed by atoms with Crippen LogP contribution in [0.3, 0.4) is 0 Å². The van der Waals surface area contributed by atoms with Crippen LogP contribution in [-0.2, 0) is 9.30 Å². The molecule has 3 unspecified atom stereocenters. The lowest BCUT2D eigenvalue weighted by atomic mass is 10.1. The van der Waals surface area contributed by atoms with Gasteiger partial charge in [0, 0.05) is 6.54 Å². The van der Waals surface area contributed by atoms with E-state index in [1.807, 2.05) is 0 Å². The number of primary amides is 1. The summed E-state index contributed by atoms with van der Waals surface area (Å²) < 4.78 is 23.6. The number of nitrogens with one attached hydrogen (secondary N) is 1. The minimum Gasteiger partial charge on any atom is -0.413 e. The predicted molar refractivity (Wildman–Crippen MR) is 89.4 cm³/mol. The fourth-order valence-electron chi connectivity index (χ4n) is 2.49. The summed E-state index contributed by atoms with van der Waals surface area (Å²) in [4.78, 5) is 24.6. The van der Waals surface area contributed by atoms with Crippen molar-refractivity contribution in [3.63, 3.8) is 0 Å². The number of aliphatic hydroxyl groups excluding tert-OH is 2. The first-order valence-electron chi connectivity index (χ1n) is 7.82. The van der Waals surface area contributed by atoms with Crippen molar-refractivity contribution in [3.8, 4) is 5.75 Å². The van der Waals surface area contributed by atoms with Gasteiger partial charge >= 0.3 is 7.75 Å². The van der Waals surface area contributed by atoms with E-state index >= 15 is 0 Å². The third-order valence-corrected chi connectivity index (χ3v) is 4.83. The van der Waals surface area contributed by atoms with Crippen LogP contribution in [-0.4, -0.2) is 60.6 Å². The van der Waals surface area contributed by atoms with Crippen LogP contribution in [0.2, 0.25) is 0 Å². The summed E-state index contributed by atoms with van der Waals surface area (Å²) in [5.74, 6) is -0.958. The quantitative estimate of drug-likeness (QED) is 0.353. The summed E-state index contributed by atoms with van der Waals surface area (Å²) in [5.41, 5.74) is 5.06. The summed E-state index contributed by atoms with van der Waals surface area (Å²) in [6.07, 6.45) is -3.88. The van der Waals surface area contributed by atoms with Crippen LogP contribution in [0.4, 0.5) is 0 Å². The van der Waals surface area contributed by atoms with Gasteiger partial charge in [-0.05, 0) is 12.1 Å². The Hall–Kier alpha value is -2.34. The lowest BCUT2D eigenvalue weighted by molar-refractivity contribution is -0.0430. The molecule has 0 saturated carbocycles. The number of carbonyl (C=O) groups is 1. The highest BCUT2D eigenvalue weighted by molar-refractivity contribution is 7.51. The smallest absolute Gasteiger partial charge is 0.413 e. The van der Waals surface area contributed by atoms with Crippen molar-refractivity contribution in [3.05, 3.63) is 42.5 Å². The normalized spacial score (nSPS) is 27.2. The molecule has 1 aromatic carbocycles. The molecule has 1 fully saturated rings. The molecule has 2 heterocycles. The third-order valence-electron chi connectivity index (χ3n) is 3.79. The van der Waals surface area contributed by atoms with E-state index in [-0.39, 0.29) is 18.1 Å². The number of rotatable bonds is 7. The molecule has 2 aromatic rings. The molecule has 1 saturated heterocycles. The maximum atomic E-state index is 12.1. The Morgan fingerprint density at radius 2 is 2.04 bits per heavy atom. The Morgan fingerprint density at radius 1 is 1.33 bits per heavy atom. The number of hydrogen-bond acceptors (Lipinski definition) is 8. The van der Waals surface area contributed by atoms with E-state index in [9.17, 15) is 24.5 Å². The molecule has 13 heteroatoms. The third kappa shape index (κ3) is 4.50. The predicted octanol–water partition coefficient (Wildman–Crippen LogP) is -1.23. The maximum Gasteiger partial charge on any atom is 0.456 e. The van der Waals surface area contributed by atoms with E-state index in [2.05, 4.69) is 15.2 Å². The number of hydrogen-bond donors (Lipinski definition) is 5. The molecule has 1 aromatic heterocycles. The summed E-state index contributed by atoms with van der Waals surface area (Å²) in [5, 5.41) is 26.3. The van der Waals surface area contributed by atoms with Gasteiger partial charge in [0.25, 0.3) is 5.91 Å². The lowest BCUT2D eigenvalue weighted by Crippen LogP contribution is -2.37. The number of amides is 1. The van der Waals surface area contributed by atoms with E-state index in [0.29, 0.717) is 0 Å². The van der Waals surface area contributed by atoms with E-state index < -0.39 is 38.2 Å². The molecule has 27 heavy (non-hydrogen) atoms. The second kappa shape index (κ2) is 7.72. The molecule has 12 nitrogen and oxygen atoms in total. The highest BCUT2D eigenvalue weighted by Gasteiger charge is 2.45. The zero-order valence-corrected chi connectivity index (χ0v) is 14.7. The second-order valence-corrected chi connectivity index (χ2v) is 7.29. The molecule has 0 spiro atoms. The van der Waals surface area contributed by atoms with Crippen LogP contribution >= 0.6 is 7.75 Å². The van der Waals surface area contributed by atoms with E-state index in [1.165, 1.54) is 12.1 Å². The van der Waals surface area contributed by atoms with Crippen LogP contribution in [0.25, 0.3) is 0 Å². The van der Waals surface area contributed by atoms with Crippen molar-refractivity contribution in [1.29, 1.82) is 0 Å². The van der Waals surface area contributed by atoms with Crippen molar-refractivity contribution in [2.24, 2.45) is 5.73 Å². The van der Waals surface area contributed by atoms with Gasteiger partial charge in [-0.3, -0.25) is 4.79 Å². The first kappa shape index (κ1) is 19.4. The van der Waals surface area contributed by atoms with Crippen molar-refractivity contribution in [1.82, 2.24) is 19.9 Å². The Balaban J connectivity index is 1.62. The van der Waals surface area contributed by atoms with Gasteiger partial charge < -0.3 is 30.1 Å². The Labute approximate surface area is 153 Å². The fourth-order valence-corrected chi connectivity index (χ4v) is 3.37. The van der Waals surface area contributed by atoms with E-state index in [4.69, 9.17) is 15.0 Å². The Bertz CT molecular complexity index is 847. The summed E-state index contributed by atoms with van der Waals surface area (Å²) in [6.45, 7) is -0.299. The first-order chi connectivity index (χ1) is 12.8. The highest BCUT2D eigenvalue weighted by Crippen LogP contribution is 2.39. The average molecular weight is 399 g/mol. The fraction of sp³-hybridized carbons (Fsp3) is 0.357. The molecule has 3 rings (SSSR count). The Kier molecular flexibility index (Phi) is 5.56. The number of ether oxygens (including phenoxy) is 1. The first-order valence-corrected chi connectivity index (χ1v) is 9.40. The molecule has 5 atom stereocenters. The number of carbonyl (C=O) groups excluding carboxylic acids is 1. The molecule has 6 N–H and O–H groups in total. The molecule has 0 aliphatic carbocycles. The highest BCUT2D eigenvalue weighted by atomic mass is 31.2. The van der Waals surface area contributed by atoms with Crippen LogP contribution < -0.4 is 15.3 Å². The van der Waals surface area contributed by atoms with Crippen LogP contribution in [0, 0.1) is 0 Å². The van der Waals surface area contributed by atoms with Crippen molar-refractivity contribution in [2.75, 3.05) is 6.54 Å². The summed E-state index contributed by atoms with van der Waals surface area (Å²) in [7, 11) is -4.23. The Morgan fingerprint density at radius 3 is 2.67 bits per heavy atom. The summed E-state index contributed by atoms with van der Waals surface area (Å²) in [6, 6.07) is 8.01. The van der Waals surface area contributed by atoms with Crippen LogP contribution in [0.1, 0.15) is 16.8 Å². The van der Waals surface area contributed by atoms with Gasteiger partial charge in [-0.2, -0.15) is 0 Å². The largest absolute Gasteiger partial charge is 0.456 e. The van der Waals surface area contributed by atoms with Crippen molar-refractivity contribution >= 4 is 13.7 Å². The molecule has 1 aliphatic heterocycles. The van der Waals surface area contributed by atoms with Crippen molar-refractivity contribution in [2.45, 2.75) is 24.5 Å². The van der Waals surface area contributed by atoms with Crippen molar-refractivity contribution < 1.29 is 33.7 Å². The molecule has 1 amide bonds. The van der Waals surface area contributed by atoms with Crippen LogP contribution in [0.5, 0.6) is 5.75 Å². The zero-order chi connectivity index (χ0) is 19.6. The number of nitrogens with zero attached hydrogens (tertiary/aromatic N) is 3. The topological polar surface area (TPSA) is 182 Å². The average Bonchev–Trinajstić information content (AvgIpc) is 3.21. The molecule has 0 radical (unpaired) electrons. The second-order valence-electron chi connectivity index (χ2n) is 5.75. The van der Waals surface area contributed by atoms with Gasteiger partial charge in [0.2, 0.25) is 5.82 Å². The molecule has 0 bridgehead atoms. The standard InChI is InChI=1S/C14H18N5O7P/c15-12(22)13-16-7-19(18-13)14-11(21)10(20)9(25-14)6-17-27(23,24)26-8-4-2-1-3-5-8/h1-5,7,9-11,14,20-21H,6H2,(H2,15,22)(H2,17,23,24)/t9?,10-,11-,14?/m1/s1. The number of para-hydroxylation sites is 1. The van der Waals surface area contributed by atoms with E-state index in [1.54, 1.807) is 18.2 Å². The maximum absolute atomic E-state index is 12.1. The van der Waals surface area contributed by atoms with Gasteiger partial charge in [0.15, 0.2) is 6.23 Å². The number of aromatic nitrogens is 3. The monoisotopic (exact) mass is 399 g/mol. The molecular weight excluding hydrogens is 381 g/mol. The van der Waals surface area contributed by atoms with Crippen LogP contribution in [0.15, 0.2) is 36.7 Å². The van der Waals surface area contributed by atoms with E-state index in [0.717, 1.165) is 11.0 Å². The SMILES string of the molecule is NC(=O)c1ncn(C2OC(CNP(=O)(O)Oc3ccccc3)[C@@H](O)[C@H]2O)n1. The van der Waals surface area contributed by atoms with Gasteiger partial charge in [0.1, 0.15) is 30.4 Å². The minimum absolute atomic E-state index is 0.184. The zero-order valence-electron chi connectivity index (χ0n) is 13.8. The molecule has 1 aliphatic rings. The minimum atomic E-state index is -4.23. The van der Waals surface area contributed by atoms with Gasteiger partial charge in [-0.1, -0.05) is 18.2 Å². The number of nitrogens with two attached hydrogens (primary N) is 1. The van der Waals surface area contributed by atoms with Gasteiger partial charge in [0.05, 0.1) is 0 Å². The lowest BCUT2D eigenvalue weighted by Gasteiger charge is -2.18. The van der Waals surface area contributed by atoms with Gasteiger partial charge in [-0.15, -0.1) is 5.10 Å². The molecule has 146 valence electrons.